The van der Waals surface area contributed by atoms with E-state index in [4.69, 9.17) is 18.9 Å². The highest BCUT2D eigenvalue weighted by Gasteiger charge is 2.22. The minimum atomic E-state index is -1.61. The van der Waals surface area contributed by atoms with E-state index in [1.54, 1.807) is 0 Å². The van der Waals surface area contributed by atoms with Gasteiger partial charge in [0, 0.05) is 12.8 Å². The predicted octanol–water partition coefficient (Wildman–Crippen LogP) is 13.9. The Morgan fingerprint density at radius 3 is 1.02 bits per heavy atom. The van der Waals surface area contributed by atoms with Gasteiger partial charge >= 0.3 is 11.9 Å². The monoisotopic (exact) mass is 896 g/mol. The van der Waals surface area contributed by atoms with Crippen LogP contribution in [0.25, 0.3) is 0 Å². The Morgan fingerprint density at radius 1 is 0.413 bits per heavy atom. The van der Waals surface area contributed by atoms with Gasteiger partial charge in [0.15, 0.2) is 12.4 Å². The quantitative estimate of drug-likeness (QED) is 0.0257. The van der Waals surface area contributed by atoms with E-state index < -0.39 is 24.3 Å². The third kappa shape index (κ3) is 48.1. The summed E-state index contributed by atoms with van der Waals surface area (Å²) in [6, 6.07) is 0. The van der Waals surface area contributed by atoms with E-state index in [2.05, 4.69) is 13.8 Å². The topological polar surface area (TPSA) is 111 Å². The fraction of sp³-hybridized carbons (Fsp3) is 0.944. The lowest BCUT2D eigenvalue weighted by molar-refractivity contribution is -0.870. The Labute approximate surface area is 390 Å². The highest BCUT2D eigenvalue weighted by molar-refractivity contribution is 5.70. The zero-order valence-corrected chi connectivity index (χ0v) is 42.5. The van der Waals surface area contributed by atoms with Crippen LogP contribution in [0.1, 0.15) is 271 Å². The largest absolute Gasteiger partial charge is 0.545 e. The van der Waals surface area contributed by atoms with Crippen LogP contribution in [-0.2, 0) is 33.3 Å². The van der Waals surface area contributed by atoms with Gasteiger partial charge in [-0.1, -0.05) is 245 Å². The van der Waals surface area contributed by atoms with E-state index in [1.807, 2.05) is 21.1 Å². The van der Waals surface area contributed by atoms with Gasteiger partial charge in [0.2, 0.25) is 0 Å². The first-order chi connectivity index (χ1) is 30.6. The second-order valence-electron chi connectivity index (χ2n) is 19.9. The van der Waals surface area contributed by atoms with Crippen LogP contribution in [0, 0.1) is 0 Å². The molecule has 0 saturated carbocycles. The maximum Gasteiger partial charge on any atom is 0.306 e. The van der Waals surface area contributed by atoms with E-state index in [1.165, 1.54) is 205 Å². The molecular weight excluding hydrogens is 791 g/mol. The zero-order chi connectivity index (χ0) is 46.3. The van der Waals surface area contributed by atoms with Gasteiger partial charge in [-0.25, -0.2) is 0 Å². The molecule has 0 aromatic heterocycles. The Bertz CT molecular complexity index is 1000. The Kier molecular flexibility index (Phi) is 45.5. The van der Waals surface area contributed by atoms with Gasteiger partial charge in [-0.2, -0.15) is 0 Å². The zero-order valence-electron chi connectivity index (χ0n) is 42.5. The van der Waals surface area contributed by atoms with Crippen LogP contribution < -0.4 is 5.11 Å². The number of carbonyl (C=O) groups is 3. The summed E-state index contributed by atoms with van der Waals surface area (Å²) in [4.78, 5) is 37.2. The number of quaternary nitrogens is 1. The molecule has 63 heavy (non-hydrogen) atoms. The van der Waals surface area contributed by atoms with Gasteiger partial charge in [0.1, 0.15) is 13.2 Å². The lowest BCUT2D eigenvalue weighted by Crippen LogP contribution is -2.44. The number of hydrogen-bond donors (Lipinski definition) is 0. The Hall–Kier alpha value is -1.71. The summed E-state index contributed by atoms with van der Waals surface area (Å²) >= 11 is 0. The van der Waals surface area contributed by atoms with Crippen molar-refractivity contribution in [1.82, 2.24) is 0 Å². The molecule has 0 amide bonds. The van der Waals surface area contributed by atoms with Crippen molar-refractivity contribution in [3.8, 4) is 0 Å². The van der Waals surface area contributed by atoms with E-state index in [-0.39, 0.29) is 32.2 Å². The molecule has 0 N–H and O–H groups in total. The van der Waals surface area contributed by atoms with Gasteiger partial charge in [-0.15, -0.1) is 0 Å². The Morgan fingerprint density at radius 2 is 0.714 bits per heavy atom. The number of rotatable bonds is 51. The molecule has 0 bridgehead atoms. The van der Waals surface area contributed by atoms with Gasteiger partial charge in [-0.05, 0) is 12.8 Å². The van der Waals surface area contributed by atoms with Crippen LogP contribution in [0.5, 0.6) is 0 Å². The molecule has 0 heterocycles. The molecule has 0 fully saturated rings. The van der Waals surface area contributed by atoms with Crippen molar-refractivity contribution in [3.05, 3.63) is 0 Å². The molecule has 0 rings (SSSR count). The molecule has 0 aliphatic heterocycles. The summed E-state index contributed by atoms with van der Waals surface area (Å²) in [5.41, 5.74) is 0. The van der Waals surface area contributed by atoms with Gasteiger partial charge in [0.05, 0.1) is 40.3 Å². The van der Waals surface area contributed by atoms with Crippen molar-refractivity contribution in [1.29, 1.82) is 0 Å². The first kappa shape index (κ1) is 61.3. The molecular formula is C54H105NO8. The average molecular weight is 896 g/mol. The summed E-state index contributed by atoms with van der Waals surface area (Å²) in [6.07, 6.45) is 47.1. The number of nitrogens with zero attached hydrogens (tertiary/aromatic N) is 1. The molecule has 2 unspecified atom stereocenters. The summed E-state index contributed by atoms with van der Waals surface area (Å²) in [7, 11) is 5.93. The third-order valence-electron chi connectivity index (χ3n) is 12.4. The maximum absolute atomic E-state index is 12.8. The van der Waals surface area contributed by atoms with Crippen LogP contribution in [0.3, 0.4) is 0 Å². The maximum atomic E-state index is 12.8. The van der Waals surface area contributed by atoms with Crippen molar-refractivity contribution in [2.45, 2.75) is 283 Å². The van der Waals surface area contributed by atoms with Crippen molar-refractivity contribution in [2.24, 2.45) is 0 Å². The minimum absolute atomic E-state index is 0.153. The van der Waals surface area contributed by atoms with Gasteiger partial charge in [0.25, 0.3) is 0 Å². The highest BCUT2D eigenvalue weighted by Crippen LogP contribution is 2.17. The predicted molar refractivity (Wildman–Crippen MR) is 260 cm³/mol. The lowest BCUT2D eigenvalue weighted by Gasteiger charge is -2.26. The molecule has 0 spiro atoms. The molecule has 0 radical (unpaired) electrons. The number of esters is 2. The number of hydrogen-bond acceptors (Lipinski definition) is 8. The highest BCUT2D eigenvalue weighted by atomic mass is 16.7. The molecule has 0 aromatic rings. The first-order valence-electron chi connectivity index (χ1n) is 27.2. The van der Waals surface area contributed by atoms with E-state index >= 15 is 0 Å². The summed E-state index contributed by atoms with van der Waals surface area (Å²) < 4.78 is 22.7. The fourth-order valence-corrected chi connectivity index (χ4v) is 8.13. The van der Waals surface area contributed by atoms with Crippen molar-refractivity contribution < 1.29 is 42.9 Å². The van der Waals surface area contributed by atoms with E-state index in [0.717, 1.165) is 38.5 Å². The molecule has 0 saturated heterocycles. The second-order valence-corrected chi connectivity index (χ2v) is 19.9. The molecule has 9 nitrogen and oxygen atoms in total. The van der Waals surface area contributed by atoms with E-state index in [9.17, 15) is 19.5 Å². The van der Waals surface area contributed by atoms with Crippen molar-refractivity contribution in [3.63, 3.8) is 0 Å². The number of carbonyl (C=O) groups excluding carboxylic acids is 3. The number of ether oxygens (including phenoxy) is 4. The molecule has 0 aromatic carbocycles. The van der Waals surface area contributed by atoms with Gasteiger partial charge in [-0.3, -0.25) is 9.59 Å². The average Bonchev–Trinajstić information content (AvgIpc) is 3.24. The number of carboxylic acid groups (broad SMARTS) is 1. The molecule has 0 aliphatic carbocycles. The summed E-state index contributed by atoms with van der Waals surface area (Å²) in [5.74, 6) is -2.26. The van der Waals surface area contributed by atoms with Crippen LogP contribution >= 0.6 is 0 Å². The lowest BCUT2D eigenvalue weighted by atomic mass is 10.0. The standard InChI is InChI=1S/C54H105NO8/c1-6-8-10-12-14-16-18-20-22-23-24-25-26-27-28-29-31-33-35-37-39-41-43-45-52(57)63-50(49-62-54(53(58)59)60-47-46-55(3,4)5)48-61-51(56)44-42-40-38-36-34-32-30-21-19-17-15-13-11-9-7-2/h50,54H,6-49H2,1-5H3. The SMILES string of the molecule is CCCCCCCCCCCCCCCCCCCCCCCCCC(=O)OC(COC(=O)CCCCCCCCCCCCCCCCC)COC(OCC[N+](C)(C)C)C(=O)[O-]. The van der Waals surface area contributed by atoms with Crippen LogP contribution in [0.15, 0.2) is 0 Å². The summed E-state index contributed by atoms with van der Waals surface area (Å²) in [6.45, 7) is 4.80. The van der Waals surface area contributed by atoms with Crippen LogP contribution in [0.4, 0.5) is 0 Å². The third-order valence-corrected chi connectivity index (χ3v) is 12.4. The number of unbranched alkanes of at least 4 members (excludes halogenated alkanes) is 36. The molecule has 9 heteroatoms. The molecule has 0 aliphatic rings. The van der Waals surface area contributed by atoms with Crippen molar-refractivity contribution >= 4 is 17.9 Å². The van der Waals surface area contributed by atoms with Crippen LogP contribution in [0.2, 0.25) is 0 Å². The summed E-state index contributed by atoms with van der Waals surface area (Å²) in [5, 5.41) is 11.7. The molecule has 374 valence electrons. The van der Waals surface area contributed by atoms with Gasteiger partial charge < -0.3 is 33.3 Å². The fourth-order valence-electron chi connectivity index (χ4n) is 8.13. The second kappa shape index (κ2) is 46.8. The molecule has 2 atom stereocenters. The normalized spacial score (nSPS) is 12.7. The Balaban J connectivity index is 4.22. The van der Waals surface area contributed by atoms with E-state index in [0.29, 0.717) is 17.4 Å². The smallest absolute Gasteiger partial charge is 0.306 e. The van der Waals surface area contributed by atoms with Crippen LogP contribution in [-0.4, -0.2) is 82.3 Å². The van der Waals surface area contributed by atoms with Crippen molar-refractivity contribution in [2.75, 3.05) is 47.5 Å². The number of aliphatic carboxylic acids is 1. The number of carboxylic acids is 1. The first-order valence-corrected chi connectivity index (χ1v) is 27.2. The number of likely N-dealkylation sites (N-methyl/N-ethyl adjacent to an activating group) is 1. The minimum Gasteiger partial charge on any atom is -0.545 e.